The number of likely N-dealkylation sites (tertiary alicyclic amines) is 1. The zero-order chi connectivity index (χ0) is 15.5. The summed E-state index contributed by atoms with van der Waals surface area (Å²) < 4.78 is 1.90. The third-order valence-corrected chi connectivity index (χ3v) is 5.91. The number of hydrogen-bond acceptors (Lipinski definition) is 4. The van der Waals surface area contributed by atoms with Crippen molar-refractivity contribution < 1.29 is 4.79 Å². The van der Waals surface area contributed by atoms with Crippen LogP contribution in [-0.4, -0.2) is 57.7 Å². The number of nitrogens with zero attached hydrogens (tertiary/aromatic N) is 4. The van der Waals surface area contributed by atoms with Crippen molar-refractivity contribution in [1.82, 2.24) is 19.6 Å². The van der Waals surface area contributed by atoms with Gasteiger partial charge in [0.2, 0.25) is 0 Å². The van der Waals surface area contributed by atoms with E-state index < -0.39 is 0 Å². The Morgan fingerprint density at radius 2 is 2.27 bits per heavy atom. The molecule has 1 saturated heterocycles. The fourth-order valence-corrected chi connectivity index (χ4v) is 4.24. The van der Waals surface area contributed by atoms with Crippen molar-refractivity contribution in [2.45, 2.75) is 37.9 Å². The summed E-state index contributed by atoms with van der Waals surface area (Å²) in [5.41, 5.74) is 7.52. The Labute approximate surface area is 135 Å². The lowest BCUT2D eigenvalue weighted by Gasteiger charge is -2.39. The van der Waals surface area contributed by atoms with Crippen LogP contribution in [0.3, 0.4) is 0 Å². The molecule has 2 unspecified atom stereocenters. The molecule has 1 aliphatic carbocycles. The number of carbonyl (C=O) groups excluding carboxylic acids is 1. The van der Waals surface area contributed by atoms with Crippen LogP contribution in [0, 0.1) is 5.92 Å². The molecule has 22 heavy (non-hydrogen) atoms. The van der Waals surface area contributed by atoms with Crippen molar-refractivity contribution in [2.75, 3.05) is 26.7 Å². The summed E-state index contributed by atoms with van der Waals surface area (Å²) in [5.74, 6) is 0.384. The normalized spacial score (nSPS) is 31.4. The molecule has 120 valence electrons. The number of hydrogen-bond donors (Lipinski definition) is 1. The van der Waals surface area contributed by atoms with E-state index in [0.717, 1.165) is 51.1 Å². The molecule has 7 heteroatoms. The summed E-state index contributed by atoms with van der Waals surface area (Å²) in [6.07, 6.45) is 3.16. The summed E-state index contributed by atoms with van der Waals surface area (Å²) in [7, 11) is 2.07. The number of amides is 1. The average molecular weight is 324 g/mol. The highest BCUT2D eigenvalue weighted by Crippen LogP contribution is 2.43. The Hall–Kier alpha value is -1.11. The molecule has 3 aliphatic rings. The van der Waals surface area contributed by atoms with E-state index >= 15 is 0 Å². The number of carbonyl (C=O) groups is 1. The van der Waals surface area contributed by atoms with Crippen molar-refractivity contribution in [1.29, 1.82) is 0 Å². The highest BCUT2D eigenvalue weighted by molar-refractivity contribution is 6.34. The molecule has 1 aromatic rings. The molecule has 2 atom stereocenters. The van der Waals surface area contributed by atoms with Gasteiger partial charge < -0.3 is 15.5 Å². The molecule has 2 fully saturated rings. The van der Waals surface area contributed by atoms with Crippen LogP contribution in [0.25, 0.3) is 0 Å². The maximum Gasteiger partial charge on any atom is 0.275 e. The van der Waals surface area contributed by atoms with Crippen LogP contribution < -0.4 is 5.73 Å². The largest absolute Gasteiger partial charge is 0.335 e. The van der Waals surface area contributed by atoms with Crippen molar-refractivity contribution in [2.24, 2.45) is 11.7 Å². The van der Waals surface area contributed by atoms with Crippen LogP contribution in [0.5, 0.6) is 0 Å². The summed E-state index contributed by atoms with van der Waals surface area (Å²) in [6, 6.07) is 0. The monoisotopic (exact) mass is 323 g/mol. The molecule has 3 heterocycles. The standard InChI is InChI=1S/C15H22ClN5O/c1-19-5-2-6-21-11(8-19)12(16)13(18-21)14(22)20-7-10-3-4-15(10,17)9-20/h10H,2-9,17H2,1H3. The van der Waals surface area contributed by atoms with Gasteiger partial charge in [-0.1, -0.05) is 11.6 Å². The topological polar surface area (TPSA) is 67.4 Å². The maximum absolute atomic E-state index is 12.8. The molecule has 1 aromatic heterocycles. The first-order valence-electron chi connectivity index (χ1n) is 8.00. The van der Waals surface area contributed by atoms with Gasteiger partial charge in [-0.25, -0.2) is 0 Å². The Morgan fingerprint density at radius 1 is 1.45 bits per heavy atom. The lowest BCUT2D eigenvalue weighted by atomic mass is 9.70. The van der Waals surface area contributed by atoms with Gasteiger partial charge in [-0.05, 0) is 32.2 Å². The van der Waals surface area contributed by atoms with Gasteiger partial charge in [-0.3, -0.25) is 9.48 Å². The number of rotatable bonds is 1. The zero-order valence-corrected chi connectivity index (χ0v) is 13.6. The molecule has 0 spiro atoms. The second-order valence-corrected chi connectivity index (χ2v) is 7.46. The van der Waals surface area contributed by atoms with Gasteiger partial charge in [-0.15, -0.1) is 0 Å². The van der Waals surface area contributed by atoms with E-state index in [1.54, 1.807) is 0 Å². The highest BCUT2D eigenvalue weighted by atomic mass is 35.5. The van der Waals surface area contributed by atoms with Crippen molar-refractivity contribution in [3.05, 3.63) is 16.4 Å². The van der Waals surface area contributed by atoms with Gasteiger partial charge in [0, 0.05) is 38.3 Å². The first-order chi connectivity index (χ1) is 10.5. The fraction of sp³-hybridized carbons (Fsp3) is 0.733. The quantitative estimate of drug-likeness (QED) is 0.835. The molecule has 1 amide bonds. The van der Waals surface area contributed by atoms with Gasteiger partial charge in [0.25, 0.3) is 5.91 Å². The van der Waals surface area contributed by atoms with Crippen molar-refractivity contribution in [3.8, 4) is 0 Å². The molecule has 2 N–H and O–H groups in total. The third-order valence-electron chi connectivity index (χ3n) is 5.51. The van der Waals surface area contributed by atoms with Crippen molar-refractivity contribution in [3.63, 3.8) is 0 Å². The Kier molecular flexibility index (Phi) is 3.25. The molecule has 2 aliphatic heterocycles. The predicted octanol–water partition coefficient (Wildman–Crippen LogP) is 0.935. The van der Waals surface area contributed by atoms with E-state index in [-0.39, 0.29) is 11.4 Å². The molecule has 6 nitrogen and oxygen atoms in total. The van der Waals surface area contributed by atoms with Gasteiger partial charge >= 0.3 is 0 Å². The maximum atomic E-state index is 12.8. The molecule has 0 aromatic carbocycles. The van der Waals surface area contributed by atoms with E-state index in [1.807, 2.05) is 9.58 Å². The minimum atomic E-state index is -0.167. The Bertz CT molecular complexity index is 630. The van der Waals surface area contributed by atoms with E-state index in [0.29, 0.717) is 23.2 Å². The number of nitrogens with two attached hydrogens (primary N) is 1. The van der Waals surface area contributed by atoms with Gasteiger partial charge in [0.15, 0.2) is 5.69 Å². The zero-order valence-electron chi connectivity index (χ0n) is 12.9. The Balaban J connectivity index is 1.61. The van der Waals surface area contributed by atoms with Crippen LogP contribution >= 0.6 is 11.6 Å². The molecular formula is C15H22ClN5O. The molecule has 1 saturated carbocycles. The average Bonchev–Trinajstić information content (AvgIpc) is 2.80. The van der Waals surface area contributed by atoms with E-state index in [9.17, 15) is 4.79 Å². The predicted molar refractivity (Wildman–Crippen MR) is 83.7 cm³/mol. The minimum Gasteiger partial charge on any atom is -0.335 e. The van der Waals surface area contributed by atoms with Crippen molar-refractivity contribution >= 4 is 17.5 Å². The number of fused-ring (bicyclic) bond motifs is 2. The van der Waals surface area contributed by atoms with Crippen LogP contribution in [0.4, 0.5) is 0 Å². The highest BCUT2D eigenvalue weighted by Gasteiger charge is 2.51. The van der Waals surface area contributed by atoms with Gasteiger partial charge in [0.05, 0.1) is 10.7 Å². The molecule has 0 radical (unpaired) electrons. The summed E-state index contributed by atoms with van der Waals surface area (Å²) in [6.45, 7) is 3.95. The van der Waals surface area contributed by atoms with Gasteiger partial charge in [0.1, 0.15) is 0 Å². The van der Waals surface area contributed by atoms with Crippen LogP contribution in [0.15, 0.2) is 0 Å². The van der Waals surface area contributed by atoms with Crippen LogP contribution in [0.2, 0.25) is 5.02 Å². The first-order valence-corrected chi connectivity index (χ1v) is 8.37. The second kappa shape index (κ2) is 4.94. The number of aromatic nitrogens is 2. The van der Waals surface area contributed by atoms with E-state index in [1.165, 1.54) is 0 Å². The third kappa shape index (κ3) is 2.08. The number of halogens is 1. The lowest BCUT2D eigenvalue weighted by Crippen LogP contribution is -2.54. The number of aryl methyl sites for hydroxylation is 1. The molecular weight excluding hydrogens is 302 g/mol. The summed E-state index contributed by atoms with van der Waals surface area (Å²) >= 11 is 6.49. The van der Waals surface area contributed by atoms with Gasteiger partial charge in [-0.2, -0.15) is 5.10 Å². The summed E-state index contributed by atoms with van der Waals surface area (Å²) in [5, 5.41) is 5.03. The fourth-order valence-electron chi connectivity index (χ4n) is 3.96. The minimum absolute atomic E-state index is 0.0625. The van der Waals surface area contributed by atoms with Crippen LogP contribution in [-0.2, 0) is 13.1 Å². The summed E-state index contributed by atoms with van der Waals surface area (Å²) in [4.78, 5) is 16.9. The Morgan fingerprint density at radius 3 is 2.91 bits per heavy atom. The lowest BCUT2D eigenvalue weighted by molar-refractivity contribution is 0.0778. The van der Waals surface area contributed by atoms with E-state index in [2.05, 4.69) is 17.0 Å². The second-order valence-electron chi connectivity index (χ2n) is 7.08. The molecule has 0 bridgehead atoms. The molecule has 4 rings (SSSR count). The smallest absolute Gasteiger partial charge is 0.275 e. The first kappa shape index (κ1) is 14.5. The van der Waals surface area contributed by atoms with Crippen LogP contribution in [0.1, 0.15) is 35.4 Å². The SMILES string of the molecule is CN1CCCn2nc(C(=O)N3CC4CCC4(N)C3)c(Cl)c2C1. The van der Waals surface area contributed by atoms with E-state index in [4.69, 9.17) is 17.3 Å².